The fraction of sp³-hybridized carbons (Fsp3) is 1.00. The largest absolute Gasteiger partial charge is 0.315 e. The van der Waals surface area contributed by atoms with Crippen molar-refractivity contribution < 1.29 is 0 Å². The molecule has 0 aromatic carbocycles. The molecule has 106 valence electrons. The number of nitrogens with one attached hydrogen (secondary N) is 1. The van der Waals surface area contributed by atoms with Gasteiger partial charge in [0.1, 0.15) is 0 Å². The summed E-state index contributed by atoms with van der Waals surface area (Å²) in [6.07, 6.45) is 6.81. The van der Waals surface area contributed by atoms with Gasteiger partial charge in [0.05, 0.1) is 0 Å². The Labute approximate surface area is 113 Å². The van der Waals surface area contributed by atoms with E-state index in [1.807, 2.05) is 0 Å². The molecule has 1 unspecified atom stereocenters. The van der Waals surface area contributed by atoms with Crippen LogP contribution in [0.25, 0.3) is 0 Å². The predicted octanol–water partition coefficient (Wildman–Crippen LogP) is 1.93. The maximum absolute atomic E-state index is 3.61. The van der Waals surface area contributed by atoms with E-state index in [9.17, 15) is 0 Å². The fourth-order valence-corrected chi connectivity index (χ4v) is 3.10. The van der Waals surface area contributed by atoms with Crippen molar-refractivity contribution in [1.82, 2.24) is 15.1 Å². The van der Waals surface area contributed by atoms with Crippen molar-refractivity contribution in [2.45, 2.75) is 58.0 Å². The molecule has 0 aromatic heterocycles. The Balaban J connectivity index is 1.72. The highest BCUT2D eigenvalue weighted by Gasteiger charge is 2.32. The molecule has 0 amide bonds. The maximum Gasteiger partial charge on any atom is 0.0221 e. The lowest BCUT2D eigenvalue weighted by Gasteiger charge is -2.39. The van der Waals surface area contributed by atoms with Gasteiger partial charge in [-0.3, -0.25) is 9.80 Å². The van der Waals surface area contributed by atoms with E-state index in [1.165, 1.54) is 71.4 Å². The zero-order chi connectivity index (χ0) is 12.8. The highest BCUT2D eigenvalue weighted by molar-refractivity contribution is 4.89. The third kappa shape index (κ3) is 4.22. The summed E-state index contributed by atoms with van der Waals surface area (Å²) >= 11 is 0. The molecular formula is C15H31N3. The van der Waals surface area contributed by atoms with Crippen LogP contribution < -0.4 is 5.32 Å². The molecule has 0 radical (unpaired) electrons. The van der Waals surface area contributed by atoms with Crippen LogP contribution in [0.15, 0.2) is 0 Å². The van der Waals surface area contributed by atoms with Gasteiger partial charge in [0.2, 0.25) is 0 Å². The summed E-state index contributed by atoms with van der Waals surface area (Å²) < 4.78 is 0. The molecule has 2 aliphatic rings. The Morgan fingerprint density at radius 2 is 1.78 bits per heavy atom. The van der Waals surface area contributed by atoms with Crippen molar-refractivity contribution in [3.8, 4) is 0 Å². The molecule has 1 N–H and O–H groups in total. The number of hydrogen-bond donors (Lipinski definition) is 1. The van der Waals surface area contributed by atoms with E-state index in [4.69, 9.17) is 0 Å². The monoisotopic (exact) mass is 253 g/mol. The zero-order valence-corrected chi connectivity index (χ0v) is 12.3. The molecule has 18 heavy (non-hydrogen) atoms. The standard InChI is InChI=1S/C15H31N3/c1-3-5-15(13-16-8-4-2)18-11-9-17(10-12-18)14-6-7-14/h14-16H,3-13H2,1-2H3. The Morgan fingerprint density at radius 1 is 1.06 bits per heavy atom. The third-order valence-corrected chi connectivity index (χ3v) is 4.36. The van der Waals surface area contributed by atoms with Crippen LogP contribution in [-0.2, 0) is 0 Å². The van der Waals surface area contributed by atoms with E-state index in [1.54, 1.807) is 0 Å². The van der Waals surface area contributed by atoms with Crippen molar-refractivity contribution in [1.29, 1.82) is 0 Å². The summed E-state index contributed by atoms with van der Waals surface area (Å²) in [6, 6.07) is 1.72. The van der Waals surface area contributed by atoms with Gasteiger partial charge in [-0.05, 0) is 32.2 Å². The van der Waals surface area contributed by atoms with Gasteiger partial charge in [0, 0.05) is 44.8 Å². The molecule has 3 nitrogen and oxygen atoms in total. The van der Waals surface area contributed by atoms with Crippen LogP contribution in [0.1, 0.15) is 46.0 Å². The molecule has 1 atom stereocenters. The minimum Gasteiger partial charge on any atom is -0.315 e. The summed E-state index contributed by atoms with van der Waals surface area (Å²) in [5, 5.41) is 3.61. The van der Waals surface area contributed by atoms with Gasteiger partial charge in [-0.15, -0.1) is 0 Å². The summed E-state index contributed by atoms with van der Waals surface area (Å²) in [6.45, 7) is 12.1. The summed E-state index contributed by atoms with van der Waals surface area (Å²) in [7, 11) is 0. The molecule has 3 heteroatoms. The van der Waals surface area contributed by atoms with Gasteiger partial charge in [0.15, 0.2) is 0 Å². The first-order chi connectivity index (χ1) is 8.85. The van der Waals surface area contributed by atoms with Crippen LogP contribution in [-0.4, -0.2) is 61.2 Å². The second-order valence-corrected chi connectivity index (χ2v) is 5.95. The van der Waals surface area contributed by atoms with Crippen LogP contribution in [0.5, 0.6) is 0 Å². The van der Waals surface area contributed by atoms with E-state index < -0.39 is 0 Å². The predicted molar refractivity (Wildman–Crippen MR) is 78.0 cm³/mol. The van der Waals surface area contributed by atoms with E-state index in [-0.39, 0.29) is 0 Å². The third-order valence-electron chi connectivity index (χ3n) is 4.36. The van der Waals surface area contributed by atoms with Gasteiger partial charge in [-0.25, -0.2) is 0 Å². The molecule has 1 aliphatic carbocycles. The van der Waals surface area contributed by atoms with Crippen LogP contribution in [0.3, 0.4) is 0 Å². The average molecular weight is 253 g/mol. The first kappa shape index (κ1) is 14.3. The van der Waals surface area contributed by atoms with Crippen molar-refractivity contribution >= 4 is 0 Å². The SMILES string of the molecule is CCCNCC(CCC)N1CCN(C2CC2)CC1. The number of hydrogen-bond acceptors (Lipinski definition) is 3. The van der Waals surface area contributed by atoms with Crippen molar-refractivity contribution in [2.24, 2.45) is 0 Å². The van der Waals surface area contributed by atoms with Gasteiger partial charge < -0.3 is 5.32 Å². The second-order valence-electron chi connectivity index (χ2n) is 5.95. The second kappa shape index (κ2) is 7.46. The summed E-state index contributed by atoms with van der Waals surface area (Å²) in [5.74, 6) is 0. The van der Waals surface area contributed by atoms with Crippen molar-refractivity contribution in [2.75, 3.05) is 39.3 Å². The Morgan fingerprint density at radius 3 is 2.33 bits per heavy atom. The highest BCUT2D eigenvalue weighted by atomic mass is 15.3. The quantitative estimate of drug-likeness (QED) is 0.667. The maximum atomic E-state index is 3.61. The smallest absolute Gasteiger partial charge is 0.0221 e. The molecule has 2 rings (SSSR count). The Bertz CT molecular complexity index is 220. The lowest BCUT2D eigenvalue weighted by molar-refractivity contribution is 0.0867. The van der Waals surface area contributed by atoms with E-state index >= 15 is 0 Å². The van der Waals surface area contributed by atoms with Crippen LogP contribution in [0.2, 0.25) is 0 Å². The summed E-state index contributed by atoms with van der Waals surface area (Å²) in [5.41, 5.74) is 0. The molecule has 2 fully saturated rings. The van der Waals surface area contributed by atoms with E-state index in [0.717, 1.165) is 12.1 Å². The molecule has 1 saturated heterocycles. The summed E-state index contributed by atoms with van der Waals surface area (Å²) in [4.78, 5) is 5.43. The van der Waals surface area contributed by atoms with E-state index in [0.29, 0.717) is 0 Å². The van der Waals surface area contributed by atoms with Gasteiger partial charge in [0.25, 0.3) is 0 Å². The van der Waals surface area contributed by atoms with Gasteiger partial charge >= 0.3 is 0 Å². The van der Waals surface area contributed by atoms with Gasteiger partial charge in [-0.1, -0.05) is 20.3 Å². The highest BCUT2D eigenvalue weighted by Crippen LogP contribution is 2.27. The average Bonchev–Trinajstić information content (AvgIpc) is 3.23. The molecule has 1 heterocycles. The topological polar surface area (TPSA) is 18.5 Å². The molecular weight excluding hydrogens is 222 g/mol. The zero-order valence-electron chi connectivity index (χ0n) is 12.3. The molecule has 0 bridgehead atoms. The van der Waals surface area contributed by atoms with E-state index in [2.05, 4.69) is 29.0 Å². The lowest BCUT2D eigenvalue weighted by Crippen LogP contribution is -2.53. The molecule has 1 aliphatic heterocycles. The first-order valence-electron chi connectivity index (χ1n) is 8.04. The number of piperazine rings is 1. The molecule has 0 aromatic rings. The van der Waals surface area contributed by atoms with Crippen LogP contribution >= 0.6 is 0 Å². The van der Waals surface area contributed by atoms with Crippen molar-refractivity contribution in [3.63, 3.8) is 0 Å². The Kier molecular flexibility index (Phi) is 5.93. The first-order valence-corrected chi connectivity index (χ1v) is 8.04. The van der Waals surface area contributed by atoms with Crippen molar-refractivity contribution in [3.05, 3.63) is 0 Å². The normalized spacial score (nSPS) is 24.3. The minimum atomic E-state index is 0.767. The fourth-order valence-electron chi connectivity index (χ4n) is 3.10. The minimum absolute atomic E-state index is 0.767. The lowest BCUT2D eigenvalue weighted by atomic mass is 10.1. The van der Waals surface area contributed by atoms with Crippen LogP contribution in [0, 0.1) is 0 Å². The molecule has 1 saturated carbocycles. The van der Waals surface area contributed by atoms with Gasteiger partial charge in [-0.2, -0.15) is 0 Å². The number of nitrogens with zero attached hydrogens (tertiary/aromatic N) is 2. The Hall–Kier alpha value is -0.120. The van der Waals surface area contributed by atoms with Crippen LogP contribution in [0.4, 0.5) is 0 Å². The molecule has 0 spiro atoms. The number of rotatable bonds is 8.